The third kappa shape index (κ3) is 5.77. The normalized spacial score (nSPS) is 11.8. The molecule has 0 aliphatic rings. The molecule has 0 saturated heterocycles. The molecule has 3 aromatic rings. The predicted octanol–water partition coefficient (Wildman–Crippen LogP) is 5.60. The van der Waals surface area contributed by atoms with Crippen molar-refractivity contribution >= 4 is 62.1 Å². The number of anilines is 1. The van der Waals surface area contributed by atoms with Crippen molar-refractivity contribution in [2.24, 2.45) is 5.10 Å². The number of benzene rings is 3. The van der Waals surface area contributed by atoms with Gasteiger partial charge in [0, 0.05) is 10.7 Å². The minimum Gasteiger partial charge on any atom is -0.322 e. The van der Waals surface area contributed by atoms with Gasteiger partial charge in [0.15, 0.2) is 0 Å². The molecule has 1 amide bonds. The largest absolute Gasteiger partial charge is 0.322 e. The van der Waals surface area contributed by atoms with E-state index in [1.54, 1.807) is 55.5 Å². The molecule has 0 saturated carbocycles. The van der Waals surface area contributed by atoms with Crippen LogP contribution in [0.1, 0.15) is 22.8 Å². The van der Waals surface area contributed by atoms with Crippen LogP contribution in [0.3, 0.4) is 0 Å². The molecule has 6 nitrogen and oxygen atoms in total. The summed E-state index contributed by atoms with van der Waals surface area (Å²) in [5.41, 5.74) is 1.80. The Kier molecular flexibility index (Phi) is 7.23. The minimum atomic E-state index is -4.02. The van der Waals surface area contributed by atoms with E-state index in [-0.39, 0.29) is 20.8 Å². The van der Waals surface area contributed by atoms with Crippen molar-refractivity contribution in [2.75, 3.05) is 5.32 Å². The summed E-state index contributed by atoms with van der Waals surface area (Å²) in [7, 11) is -4.02. The zero-order chi connectivity index (χ0) is 22.6. The number of carbonyl (C=O) groups excluding carboxylic acids is 1. The Labute approximate surface area is 194 Å². The average molecular weight is 497 g/mol. The molecular weight excluding hydrogens is 481 g/mol. The summed E-state index contributed by atoms with van der Waals surface area (Å²) in [6.45, 7) is 1.62. The first-order valence-corrected chi connectivity index (χ1v) is 11.5. The van der Waals surface area contributed by atoms with E-state index in [2.05, 4.69) is 15.2 Å². The van der Waals surface area contributed by atoms with E-state index in [1.165, 1.54) is 18.2 Å². The molecule has 2 N–H and O–H groups in total. The second-order valence-corrected chi connectivity index (χ2v) is 9.26. The smallest absolute Gasteiger partial charge is 0.278 e. The molecule has 0 fully saturated rings. The van der Waals surface area contributed by atoms with Crippen molar-refractivity contribution < 1.29 is 13.2 Å². The van der Waals surface area contributed by atoms with Gasteiger partial charge < -0.3 is 5.32 Å². The highest BCUT2D eigenvalue weighted by molar-refractivity contribution is 7.89. The van der Waals surface area contributed by atoms with Gasteiger partial charge >= 0.3 is 0 Å². The van der Waals surface area contributed by atoms with E-state index in [0.717, 1.165) is 0 Å². The molecule has 0 bridgehead atoms. The van der Waals surface area contributed by atoms with Crippen molar-refractivity contribution in [1.29, 1.82) is 0 Å². The molecule has 0 atom stereocenters. The first-order valence-electron chi connectivity index (χ1n) is 8.85. The third-order valence-electron chi connectivity index (χ3n) is 4.17. The lowest BCUT2D eigenvalue weighted by Gasteiger charge is -2.10. The second kappa shape index (κ2) is 9.70. The van der Waals surface area contributed by atoms with Gasteiger partial charge in [-0.2, -0.15) is 18.4 Å². The number of hydrazone groups is 1. The minimum absolute atomic E-state index is 0.0223. The number of sulfonamides is 1. The van der Waals surface area contributed by atoms with E-state index >= 15 is 0 Å². The van der Waals surface area contributed by atoms with E-state index in [9.17, 15) is 13.2 Å². The van der Waals surface area contributed by atoms with Gasteiger partial charge in [0.1, 0.15) is 4.90 Å². The van der Waals surface area contributed by atoms with Gasteiger partial charge in [-0.05, 0) is 55.0 Å². The Hall–Kier alpha value is -2.58. The second-order valence-electron chi connectivity index (χ2n) is 6.38. The maximum Gasteiger partial charge on any atom is 0.278 e. The van der Waals surface area contributed by atoms with Crippen LogP contribution < -0.4 is 10.1 Å². The fourth-order valence-electron chi connectivity index (χ4n) is 2.59. The zero-order valence-electron chi connectivity index (χ0n) is 16.1. The number of nitrogens with one attached hydrogen (secondary N) is 2. The van der Waals surface area contributed by atoms with E-state index in [1.807, 2.05) is 0 Å². The number of carbonyl (C=O) groups is 1. The lowest BCUT2D eigenvalue weighted by Crippen LogP contribution is -2.20. The first kappa shape index (κ1) is 23.1. The highest BCUT2D eigenvalue weighted by Gasteiger charge is 2.18. The van der Waals surface area contributed by atoms with Gasteiger partial charge in [0.25, 0.3) is 15.9 Å². The Morgan fingerprint density at radius 1 is 0.903 bits per heavy atom. The van der Waals surface area contributed by atoms with Crippen molar-refractivity contribution in [3.63, 3.8) is 0 Å². The van der Waals surface area contributed by atoms with Crippen LogP contribution in [-0.4, -0.2) is 20.0 Å². The number of hydrogen-bond donors (Lipinski definition) is 2. The first-order chi connectivity index (χ1) is 14.7. The van der Waals surface area contributed by atoms with Gasteiger partial charge in [-0.3, -0.25) is 4.79 Å². The molecule has 0 radical (unpaired) electrons. The van der Waals surface area contributed by atoms with Gasteiger partial charge in [0.05, 0.1) is 21.3 Å². The number of amides is 1. The number of rotatable bonds is 6. The number of halogens is 3. The fraction of sp³-hybridized carbons (Fsp3) is 0.0476. The molecule has 10 heteroatoms. The summed E-state index contributed by atoms with van der Waals surface area (Å²) < 4.78 is 25.0. The van der Waals surface area contributed by atoms with Crippen LogP contribution in [0.15, 0.2) is 76.7 Å². The van der Waals surface area contributed by atoms with Crippen LogP contribution in [0.25, 0.3) is 0 Å². The Morgan fingerprint density at radius 2 is 1.65 bits per heavy atom. The van der Waals surface area contributed by atoms with Crippen LogP contribution in [0.5, 0.6) is 0 Å². The zero-order valence-corrected chi connectivity index (χ0v) is 19.1. The van der Waals surface area contributed by atoms with E-state index in [4.69, 9.17) is 34.8 Å². The van der Waals surface area contributed by atoms with Gasteiger partial charge in [-0.1, -0.05) is 59.1 Å². The van der Waals surface area contributed by atoms with Crippen molar-refractivity contribution in [3.8, 4) is 0 Å². The van der Waals surface area contributed by atoms with Crippen LogP contribution in [0.2, 0.25) is 15.1 Å². The SMILES string of the molecule is C/C(=N\NS(=O)(=O)c1cc(Cl)ccc1Cl)c1cccc(NC(=O)c2ccccc2Cl)c1. The molecule has 0 spiro atoms. The van der Waals surface area contributed by atoms with Gasteiger partial charge in [-0.15, -0.1) is 0 Å². The van der Waals surface area contributed by atoms with Crippen molar-refractivity contribution in [1.82, 2.24) is 4.83 Å². The molecule has 31 heavy (non-hydrogen) atoms. The summed E-state index contributed by atoms with van der Waals surface area (Å²) in [5, 5.41) is 7.29. The summed E-state index contributed by atoms with van der Waals surface area (Å²) in [6.07, 6.45) is 0. The molecule has 0 aliphatic carbocycles. The number of nitrogens with zero attached hydrogens (tertiary/aromatic N) is 1. The van der Waals surface area contributed by atoms with Crippen molar-refractivity contribution in [3.05, 3.63) is 92.9 Å². The van der Waals surface area contributed by atoms with Crippen LogP contribution >= 0.6 is 34.8 Å². The highest BCUT2D eigenvalue weighted by atomic mass is 35.5. The molecule has 3 aromatic carbocycles. The lowest BCUT2D eigenvalue weighted by molar-refractivity contribution is 0.102. The topological polar surface area (TPSA) is 87.6 Å². The average Bonchev–Trinajstić information content (AvgIpc) is 2.74. The van der Waals surface area contributed by atoms with Crippen LogP contribution in [0.4, 0.5) is 5.69 Å². The molecule has 3 rings (SSSR count). The molecular formula is C21H16Cl3N3O3S. The molecule has 0 heterocycles. The number of hydrogen-bond acceptors (Lipinski definition) is 4. The van der Waals surface area contributed by atoms with Crippen LogP contribution in [0, 0.1) is 0 Å². The maximum absolute atomic E-state index is 12.5. The quantitative estimate of drug-likeness (QED) is 0.344. The predicted molar refractivity (Wildman–Crippen MR) is 125 cm³/mol. The van der Waals surface area contributed by atoms with Gasteiger partial charge in [0.2, 0.25) is 0 Å². The maximum atomic E-state index is 12.5. The van der Waals surface area contributed by atoms with Crippen LogP contribution in [-0.2, 0) is 10.0 Å². The third-order valence-corrected chi connectivity index (χ3v) is 6.43. The standard InChI is InChI=1S/C21H16Cl3N3O3S/c1-13(26-27-31(29,30)20-12-15(22)9-10-19(20)24)14-5-4-6-16(11-14)25-21(28)17-7-2-3-8-18(17)23/h2-12,27H,1H3,(H,25,28)/b26-13+. The Balaban J connectivity index is 1.79. The van der Waals surface area contributed by atoms with Crippen molar-refractivity contribution in [2.45, 2.75) is 11.8 Å². The molecule has 0 unspecified atom stereocenters. The van der Waals surface area contributed by atoms with Gasteiger partial charge in [-0.25, -0.2) is 0 Å². The monoisotopic (exact) mass is 495 g/mol. The van der Waals surface area contributed by atoms with E-state index < -0.39 is 10.0 Å². The molecule has 0 aromatic heterocycles. The Morgan fingerprint density at radius 3 is 2.39 bits per heavy atom. The highest BCUT2D eigenvalue weighted by Crippen LogP contribution is 2.25. The Bertz CT molecular complexity index is 1280. The van der Waals surface area contributed by atoms with E-state index in [0.29, 0.717) is 27.5 Å². The molecule has 0 aliphatic heterocycles. The summed E-state index contributed by atoms with van der Waals surface area (Å²) in [6, 6.07) is 17.6. The summed E-state index contributed by atoms with van der Waals surface area (Å²) in [4.78, 5) is 14.4. The fourth-order valence-corrected chi connectivity index (χ4v) is 4.43. The summed E-state index contributed by atoms with van der Waals surface area (Å²) in [5.74, 6) is -0.367. The summed E-state index contributed by atoms with van der Waals surface area (Å²) >= 11 is 17.9. The lowest BCUT2D eigenvalue weighted by atomic mass is 10.1. The molecule has 160 valence electrons.